The van der Waals surface area contributed by atoms with Crippen molar-refractivity contribution >= 4 is 16.7 Å². The highest BCUT2D eigenvalue weighted by molar-refractivity contribution is 6.00. The molecule has 0 aliphatic heterocycles. The second-order valence-corrected chi connectivity index (χ2v) is 7.43. The normalized spacial score (nSPS) is 17.6. The van der Waals surface area contributed by atoms with E-state index in [0.29, 0.717) is 35.0 Å². The number of hydrogen-bond donors (Lipinski definition) is 2. The summed E-state index contributed by atoms with van der Waals surface area (Å²) in [6.45, 7) is 0. The topological polar surface area (TPSA) is 66.5 Å². The molecule has 0 atom stereocenters. The van der Waals surface area contributed by atoms with Crippen LogP contribution < -0.4 is 5.32 Å². The zero-order valence-electron chi connectivity index (χ0n) is 14.4. The first-order valence-electron chi connectivity index (χ1n) is 9.14. The standard InChI is InChI=1S/C19H18F3N5/c20-19(21,22)14-9-12(5-7-23-14)17-15-13(26-27-17)6-8-24-18(15)25-16(10-1-2-10)11-3-4-11/h5-11,16H,1-4H2,(H,24,25)(H,26,27). The molecule has 3 aromatic rings. The van der Waals surface area contributed by atoms with Crippen molar-refractivity contribution in [2.75, 3.05) is 5.32 Å². The summed E-state index contributed by atoms with van der Waals surface area (Å²) in [5.74, 6) is 2.02. The van der Waals surface area contributed by atoms with E-state index in [2.05, 4.69) is 25.5 Å². The Morgan fingerprint density at radius 1 is 1.04 bits per heavy atom. The second kappa shape index (κ2) is 5.94. The number of nitrogens with one attached hydrogen (secondary N) is 2. The largest absolute Gasteiger partial charge is 0.433 e. The lowest BCUT2D eigenvalue weighted by molar-refractivity contribution is -0.141. The summed E-state index contributed by atoms with van der Waals surface area (Å²) in [4.78, 5) is 7.93. The van der Waals surface area contributed by atoms with E-state index in [1.165, 1.54) is 31.9 Å². The Morgan fingerprint density at radius 3 is 2.41 bits per heavy atom. The van der Waals surface area contributed by atoms with E-state index < -0.39 is 11.9 Å². The smallest absolute Gasteiger partial charge is 0.366 e. The molecule has 5 rings (SSSR count). The molecule has 0 aromatic carbocycles. The second-order valence-electron chi connectivity index (χ2n) is 7.43. The Labute approximate surface area is 153 Å². The highest BCUT2D eigenvalue weighted by Gasteiger charge is 2.42. The number of hydrogen-bond acceptors (Lipinski definition) is 4. The van der Waals surface area contributed by atoms with Gasteiger partial charge in [0.05, 0.1) is 10.9 Å². The van der Waals surface area contributed by atoms with Crippen LogP contribution in [0.2, 0.25) is 0 Å². The van der Waals surface area contributed by atoms with Gasteiger partial charge in [0.1, 0.15) is 17.2 Å². The minimum atomic E-state index is -4.50. The minimum absolute atomic E-state index is 0.369. The summed E-state index contributed by atoms with van der Waals surface area (Å²) in [6, 6.07) is 4.74. The molecular weight excluding hydrogens is 355 g/mol. The van der Waals surface area contributed by atoms with Gasteiger partial charge in [0.2, 0.25) is 0 Å². The minimum Gasteiger partial charge on any atom is -0.366 e. The van der Waals surface area contributed by atoms with Gasteiger partial charge in [-0.15, -0.1) is 0 Å². The van der Waals surface area contributed by atoms with Crippen LogP contribution in [0.4, 0.5) is 19.0 Å². The van der Waals surface area contributed by atoms with Gasteiger partial charge in [0, 0.05) is 24.0 Å². The molecule has 0 bridgehead atoms. The Bertz CT molecular complexity index is 976. The van der Waals surface area contributed by atoms with Crippen molar-refractivity contribution in [2.45, 2.75) is 37.9 Å². The summed E-state index contributed by atoms with van der Waals surface area (Å²) in [5.41, 5.74) is 0.648. The van der Waals surface area contributed by atoms with Crippen molar-refractivity contribution in [3.05, 3.63) is 36.3 Å². The fraction of sp³-hybridized carbons (Fsp3) is 0.421. The van der Waals surface area contributed by atoms with E-state index >= 15 is 0 Å². The van der Waals surface area contributed by atoms with Crippen molar-refractivity contribution in [1.29, 1.82) is 0 Å². The first-order valence-corrected chi connectivity index (χ1v) is 9.14. The molecule has 0 radical (unpaired) electrons. The molecule has 2 fully saturated rings. The lowest BCUT2D eigenvalue weighted by atomic mass is 10.1. The number of anilines is 1. The number of aromatic amines is 1. The van der Waals surface area contributed by atoms with Crippen LogP contribution in [-0.2, 0) is 6.18 Å². The fourth-order valence-electron chi connectivity index (χ4n) is 3.71. The maximum atomic E-state index is 13.1. The third-order valence-electron chi connectivity index (χ3n) is 5.36. The van der Waals surface area contributed by atoms with Gasteiger partial charge in [-0.2, -0.15) is 18.3 Å². The Balaban J connectivity index is 1.58. The van der Waals surface area contributed by atoms with Crippen molar-refractivity contribution in [2.24, 2.45) is 11.8 Å². The van der Waals surface area contributed by atoms with E-state index in [1.54, 1.807) is 18.3 Å². The third kappa shape index (κ3) is 3.13. The summed E-state index contributed by atoms with van der Waals surface area (Å²) in [5, 5.41) is 11.5. The maximum Gasteiger partial charge on any atom is 0.433 e. The van der Waals surface area contributed by atoms with Gasteiger partial charge >= 0.3 is 6.18 Å². The monoisotopic (exact) mass is 373 g/mol. The molecule has 2 saturated carbocycles. The first kappa shape index (κ1) is 16.5. The van der Waals surface area contributed by atoms with Gasteiger partial charge in [0.15, 0.2) is 0 Å². The van der Waals surface area contributed by atoms with Gasteiger partial charge < -0.3 is 5.32 Å². The van der Waals surface area contributed by atoms with Crippen LogP contribution in [0.5, 0.6) is 0 Å². The van der Waals surface area contributed by atoms with Crippen LogP contribution in [0.15, 0.2) is 30.6 Å². The lowest BCUT2D eigenvalue weighted by Crippen LogP contribution is -2.24. The maximum absolute atomic E-state index is 13.1. The quantitative estimate of drug-likeness (QED) is 0.684. The molecule has 27 heavy (non-hydrogen) atoms. The van der Waals surface area contributed by atoms with E-state index in [0.717, 1.165) is 17.0 Å². The number of halogens is 3. The summed E-state index contributed by atoms with van der Waals surface area (Å²) in [7, 11) is 0. The Hall–Kier alpha value is -2.64. The zero-order valence-corrected chi connectivity index (χ0v) is 14.4. The molecule has 0 unspecified atom stereocenters. The van der Waals surface area contributed by atoms with Crippen LogP contribution >= 0.6 is 0 Å². The number of fused-ring (bicyclic) bond motifs is 1. The number of rotatable bonds is 5. The number of alkyl halides is 3. The SMILES string of the molecule is FC(F)(F)c1cc(-c2n[nH]c3ccnc(NC(C4CC4)C4CC4)c23)ccn1. The predicted molar refractivity (Wildman–Crippen MR) is 95.0 cm³/mol. The van der Waals surface area contributed by atoms with Crippen LogP contribution in [0.1, 0.15) is 31.4 Å². The van der Waals surface area contributed by atoms with Gasteiger partial charge in [0.25, 0.3) is 0 Å². The lowest BCUT2D eigenvalue weighted by Gasteiger charge is -2.19. The summed E-state index contributed by atoms with van der Waals surface area (Å²) in [6.07, 6.45) is 3.26. The van der Waals surface area contributed by atoms with Gasteiger partial charge in [-0.05, 0) is 55.7 Å². The molecule has 3 aromatic heterocycles. The molecule has 2 N–H and O–H groups in total. The van der Waals surface area contributed by atoms with E-state index in [4.69, 9.17) is 0 Å². The van der Waals surface area contributed by atoms with E-state index in [9.17, 15) is 13.2 Å². The molecule has 0 amide bonds. The highest BCUT2D eigenvalue weighted by atomic mass is 19.4. The molecule has 0 spiro atoms. The van der Waals surface area contributed by atoms with E-state index in [1.807, 2.05) is 0 Å². The number of aromatic nitrogens is 4. The molecule has 3 heterocycles. The molecule has 140 valence electrons. The number of nitrogens with zero attached hydrogens (tertiary/aromatic N) is 3. The molecule has 2 aliphatic rings. The van der Waals surface area contributed by atoms with E-state index in [-0.39, 0.29) is 0 Å². The number of H-pyrrole nitrogens is 1. The first-order chi connectivity index (χ1) is 13.0. The van der Waals surface area contributed by atoms with Crippen LogP contribution in [0, 0.1) is 11.8 Å². The fourth-order valence-corrected chi connectivity index (χ4v) is 3.71. The molecular formula is C19H18F3N5. The van der Waals surface area contributed by atoms with Crippen molar-refractivity contribution in [1.82, 2.24) is 20.2 Å². The molecule has 8 heteroatoms. The average molecular weight is 373 g/mol. The van der Waals surface area contributed by atoms with Gasteiger partial charge in [-0.3, -0.25) is 10.1 Å². The average Bonchev–Trinajstić information content (AvgIpc) is 3.57. The third-order valence-corrected chi connectivity index (χ3v) is 5.36. The zero-order chi connectivity index (χ0) is 18.6. The van der Waals surface area contributed by atoms with Crippen molar-refractivity contribution in [3.8, 4) is 11.3 Å². The van der Waals surface area contributed by atoms with Crippen LogP contribution in [0.3, 0.4) is 0 Å². The molecule has 5 nitrogen and oxygen atoms in total. The molecule has 0 saturated heterocycles. The van der Waals surface area contributed by atoms with Crippen LogP contribution in [-0.4, -0.2) is 26.2 Å². The summed E-state index contributed by atoms with van der Waals surface area (Å²) < 4.78 is 39.2. The van der Waals surface area contributed by atoms with Gasteiger partial charge in [-0.25, -0.2) is 4.98 Å². The van der Waals surface area contributed by atoms with Gasteiger partial charge in [-0.1, -0.05) is 0 Å². The predicted octanol–water partition coefficient (Wildman–Crippen LogP) is 4.64. The molecule has 2 aliphatic carbocycles. The number of pyridine rings is 2. The van der Waals surface area contributed by atoms with Crippen molar-refractivity contribution < 1.29 is 13.2 Å². The Kier molecular flexibility index (Phi) is 3.63. The van der Waals surface area contributed by atoms with Crippen molar-refractivity contribution in [3.63, 3.8) is 0 Å². The highest BCUT2D eigenvalue weighted by Crippen LogP contribution is 2.46. The van der Waals surface area contributed by atoms with Crippen LogP contribution in [0.25, 0.3) is 22.2 Å². The summed E-state index contributed by atoms with van der Waals surface area (Å²) >= 11 is 0. The Morgan fingerprint density at radius 2 is 1.74 bits per heavy atom.